The fourth-order valence-electron chi connectivity index (χ4n) is 0.584. The summed E-state index contributed by atoms with van der Waals surface area (Å²) >= 11 is 0. The maximum absolute atomic E-state index is 10.9. The van der Waals surface area contributed by atoms with E-state index in [2.05, 4.69) is 0 Å². The topological polar surface area (TPSA) is 72.8 Å². The fourth-order valence-corrected chi connectivity index (χ4v) is 0.584. The minimum absolute atomic E-state index is 0.222. The SMILES string of the molecule is CCC(=O)O.CCCCOC(=O)C=C(C)OC. The molecule has 5 heteroatoms. The van der Waals surface area contributed by atoms with Crippen LogP contribution in [-0.4, -0.2) is 30.8 Å². The van der Waals surface area contributed by atoms with E-state index in [0.717, 1.165) is 12.8 Å². The van der Waals surface area contributed by atoms with Gasteiger partial charge in [-0.05, 0) is 13.3 Å². The molecule has 0 aromatic heterocycles. The lowest BCUT2D eigenvalue weighted by Gasteiger charge is -2.00. The minimum Gasteiger partial charge on any atom is -0.501 e. The highest BCUT2D eigenvalue weighted by Gasteiger charge is 1.97. The number of carbonyl (C=O) groups is 2. The van der Waals surface area contributed by atoms with Gasteiger partial charge in [-0.25, -0.2) is 4.79 Å². The Balaban J connectivity index is 0. The molecule has 5 nitrogen and oxygen atoms in total. The van der Waals surface area contributed by atoms with Gasteiger partial charge >= 0.3 is 11.9 Å². The molecule has 0 bridgehead atoms. The van der Waals surface area contributed by atoms with E-state index >= 15 is 0 Å². The number of esters is 1. The Bertz CT molecular complexity index is 245. The van der Waals surface area contributed by atoms with Crippen molar-refractivity contribution >= 4 is 11.9 Å². The molecule has 0 amide bonds. The quantitative estimate of drug-likeness (QED) is 0.337. The summed E-state index contributed by atoms with van der Waals surface area (Å²) in [6.07, 6.45) is 3.50. The van der Waals surface area contributed by atoms with Gasteiger partial charge in [0.1, 0.15) is 0 Å². The lowest BCUT2D eigenvalue weighted by Crippen LogP contribution is -2.03. The third kappa shape index (κ3) is 17.1. The summed E-state index contributed by atoms with van der Waals surface area (Å²) in [6, 6.07) is 0. The van der Waals surface area contributed by atoms with E-state index in [1.54, 1.807) is 13.8 Å². The number of hydrogen-bond acceptors (Lipinski definition) is 4. The molecule has 17 heavy (non-hydrogen) atoms. The second-order valence-corrected chi connectivity index (χ2v) is 3.23. The van der Waals surface area contributed by atoms with Crippen LogP contribution in [0.1, 0.15) is 40.0 Å². The van der Waals surface area contributed by atoms with E-state index < -0.39 is 5.97 Å². The van der Waals surface area contributed by atoms with Crippen LogP contribution in [0.4, 0.5) is 0 Å². The van der Waals surface area contributed by atoms with E-state index in [0.29, 0.717) is 12.4 Å². The summed E-state index contributed by atoms with van der Waals surface area (Å²) in [6.45, 7) is 5.84. The largest absolute Gasteiger partial charge is 0.501 e. The molecular formula is C12H22O5. The zero-order valence-corrected chi connectivity index (χ0v) is 11.0. The maximum atomic E-state index is 10.9. The lowest BCUT2D eigenvalue weighted by molar-refractivity contribution is -0.138. The number of carbonyl (C=O) groups excluding carboxylic acids is 1. The van der Waals surface area contributed by atoms with Gasteiger partial charge in [0.15, 0.2) is 0 Å². The monoisotopic (exact) mass is 246 g/mol. The first-order chi connectivity index (χ1) is 7.97. The van der Waals surface area contributed by atoms with Gasteiger partial charge in [-0.15, -0.1) is 0 Å². The van der Waals surface area contributed by atoms with Crippen LogP contribution < -0.4 is 0 Å². The standard InChI is InChI=1S/C9H16O3.C3H6O2/c1-4-5-6-12-9(10)7-8(2)11-3;1-2-3(4)5/h7H,4-6H2,1-3H3;2H2,1H3,(H,4,5). The van der Waals surface area contributed by atoms with Gasteiger partial charge in [-0.2, -0.15) is 0 Å². The Hall–Kier alpha value is -1.52. The van der Waals surface area contributed by atoms with Crippen LogP contribution in [-0.2, 0) is 19.1 Å². The zero-order chi connectivity index (χ0) is 13.7. The van der Waals surface area contributed by atoms with Gasteiger partial charge in [-0.3, -0.25) is 4.79 Å². The van der Waals surface area contributed by atoms with Crippen molar-refractivity contribution in [2.45, 2.75) is 40.0 Å². The smallest absolute Gasteiger partial charge is 0.334 e. The number of carboxylic acids is 1. The first kappa shape index (κ1) is 17.9. The number of methoxy groups -OCH3 is 1. The van der Waals surface area contributed by atoms with Crippen LogP contribution in [0.2, 0.25) is 0 Å². The van der Waals surface area contributed by atoms with E-state index in [1.165, 1.54) is 13.2 Å². The summed E-state index contributed by atoms with van der Waals surface area (Å²) in [7, 11) is 1.52. The van der Waals surface area contributed by atoms with E-state index in [1.807, 2.05) is 6.92 Å². The van der Waals surface area contributed by atoms with E-state index in [4.69, 9.17) is 14.6 Å². The molecule has 0 aliphatic heterocycles. The second-order valence-electron chi connectivity index (χ2n) is 3.23. The number of ether oxygens (including phenoxy) is 2. The average molecular weight is 246 g/mol. The van der Waals surface area contributed by atoms with Crippen molar-refractivity contribution in [1.29, 1.82) is 0 Å². The van der Waals surface area contributed by atoms with Crippen molar-refractivity contribution < 1.29 is 24.2 Å². The molecule has 0 aromatic carbocycles. The van der Waals surface area contributed by atoms with E-state index in [-0.39, 0.29) is 12.4 Å². The third-order valence-corrected chi connectivity index (χ3v) is 1.69. The number of rotatable bonds is 6. The normalized spacial score (nSPS) is 10.0. The molecule has 0 spiro atoms. The summed E-state index contributed by atoms with van der Waals surface area (Å²) in [5.74, 6) is -0.510. The molecule has 100 valence electrons. The Kier molecular flexibility index (Phi) is 13.2. The van der Waals surface area contributed by atoms with Gasteiger partial charge in [0.25, 0.3) is 0 Å². The molecule has 0 rings (SSSR count). The van der Waals surface area contributed by atoms with Crippen LogP contribution >= 0.6 is 0 Å². The summed E-state index contributed by atoms with van der Waals surface area (Å²) in [5, 5.41) is 7.72. The van der Waals surface area contributed by atoms with Crippen molar-refractivity contribution in [2.24, 2.45) is 0 Å². The van der Waals surface area contributed by atoms with Crippen LogP contribution in [0.25, 0.3) is 0 Å². The summed E-state index contributed by atoms with van der Waals surface area (Å²) < 4.78 is 9.65. The van der Waals surface area contributed by atoms with Crippen molar-refractivity contribution in [1.82, 2.24) is 0 Å². The molecule has 1 N–H and O–H groups in total. The van der Waals surface area contributed by atoms with Gasteiger partial charge in [0.05, 0.1) is 25.6 Å². The van der Waals surface area contributed by atoms with Gasteiger partial charge in [0.2, 0.25) is 0 Å². The minimum atomic E-state index is -0.745. The molecule has 0 heterocycles. The van der Waals surface area contributed by atoms with Crippen molar-refractivity contribution in [2.75, 3.05) is 13.7 Å². The molecule has 0 saturated carbocycles. The first-order valence-corrected chi connectivity index (χ1v) is 5.58. The molecular weight excluding hydrogens is 224 g/mol. The van der Waals surface area contributed by atoms with Gasteiger partial charge < -0.3 is 14.6 Å². The fraction of sp³-hybridized carbons (Fsp3) is 0.667. The highest BCUT2D eigenvalue weighted by molar-refractivity contribution is 5.82. The van der Waals surface area contributed by atoms with Gasteiger partial charge in [0, 0.05) is 6.42 Å². The summed E-state index contributed by atoms with van der Waals surface area (Å²) in [4.78, 5) is 20.3. The molecule has 0 aliphatic rings. The molecule has 0 radical (unpaired) electrons. The molecule has 0 fully saturated rings. The second kappa shape index (κ2) is 12.5. The van der Waals surface area contributed by atoms with Crippen molar-refractivity contribution in [3.63, 3.8) is 0 Å². The first-order valence-electron chi connectivity index (χ1n) is 5.58. The highest BCUT2D eigenvalue weighted by Crippen LogP contribution is 1.95. The maximum Gasteiger partial charge on any atom is 0.334 e. The van der Waals surface area contributed by atoms with Crippen LogP contribution in [0, 0.1) is 0 Å². The number of unbranched alkanes of at least 4 members (excludes halogenated alkanes) is 1. The molecule has 0 unspecified atom stereocenters. The van der Waals surface area contributed by atoms with E-state index in [9.17, 15) is 9.59 Å². The zero-order valence-electron chi connectivity index (χ0n) is 11.0. The molecule has 0 aliphatic carbocycles. The average Bonchev–Trinajstić information content (AvgIpc) is 2.30. The summed E-state index contributed by atoms with van der Waals surface area (Å²) in [5.41, 5.74) is 0. The molecule has 0 saturated heterocycles. The van der Waals surface area contributed by atoms with Crippen LogP contribution in [0.3, 0.4) is 0 Å². The predicted octanol–water partition coefficient (Wildman–Crippen LogP) is 2.36. The number of hydrogen-bond donors (Lipinski definition) is 1. The molecule has 0 aromatic rings. The number of allylic oxidation sites excluding steroid dienone is 1. The Morgan fingerprint density at radius 3 is 2.18 bits per heavy atom. The Labute approximate surface area is 102 Å². The van der Waals surface area contributed by atoms with Crippen molar-refractivity contribution in [3.05, 3.63) is 11.8 Å². The predicted molar refractivity (Wildman–Crippen MR) is 64.6 cm³/mol. The Morgan fingerprint density at radius 1 is 1.29 bits per heavy atom. The number of aliphatic carboxylic acids is 1. The third-order valence-electron chi connectivity index (χ3n) is 1.69. The van der Waals surface area contributed by atoms with Gasteiger partial charge in [-0.1, -0.05) is 20.3 Å². The van der Waals surface area contributed by atoms with Crippen LogP contribution in [0.5, 0.6) is 0 Å². The van der Waals surface area contributed by atoms with Crippen LogP contribution in [0.15, 0.2) is 11.8 Å². The highest BCUT2D eigenvalue weighted by atomic mass is 16.5. The Morgan fingerprint density at radius 2 is 1.82 bits per heavy atom. The van der Waals surface area contributed by atoms with Crippen molar-refractivity contribution in [3.8, 4) is 0 Å². The number of carboxylic acid groups (broad SMARTS) is 1. The molecule has 0 atom stereocenters. The lowest BCUT2D eigenvalue weighted by atomic mass is 10.4.